The molecule has 0 aliphatic rings. The summed E-state index contributed by atoms with van der Waals surface area (Å²) in [5.41, 5.74) is 2.48. The lowest BCUT2D eigenvalue weighted by atomic mass is 9.87. The van der Waals surface area contributed by atoms with Crippen molar-refractivity contribution in [3.8, 4) is 22.8 Å². The summed E-state index contributed by atoms with van der Waals surface area (Å²) in [6.07, 6.45) is 0. The molecule has 0 radical (unpaired) electrons. The average molecular weight is 296 g/mol. The van der Waals surface area contributed by atoms with Crippen LogP contribution >= 0.6 is 0 Å². The first-order valence-corrected chi connectivity index (χ1v) is 7.15. The fraction of sp³-hybridized carbons (Fsp3) is 0.222. The molecule has 1 heterocycles. The minimum absolute atomic E-state index is 0.0914. The van der Waals surface area contributed by atoms with Gasteiger partial charge in [0.2, 0.25) is 5.82 Å². The third kappa shape index (κ3) is 2.77. The largest absolute Gasteiger partial charge is 0.334 e. The van der Waals surface area contributed by atoms with Gasteiger partial charge in [0.1, 0.15) is 5.82 Å². The van der Waals surface area contributed by atoms with E-state index < -0.39 is 0 Å². The van der Waals surface area contributed by atoms with Gasteiger partial charge in [-0.25, -0.2) is 4.39 Å². The number of hydrogen-bond acceptors (Lipinski definition) is 3. The molecular formula is C18H17FN2O. The lowest BCUT2D eigenvalue weighted by molar-refractivity contribution is 0.429. The molecular weight excluding hydrogens is 279 g/mol. The summed E-state index contributed by atoms with van der Waals surface area (Å²) in [7, 11) is 0. The van der Waals surface area contributed by atoms with E-state index in [2.05, 4.69) is 43.0 Å². The van der Waals surface area contributed by atoms with E-state index in [4.69, 9.17) is 4.52 Å². The Morgan fingerprint density at radius 3 is 2.27 bits per heavy atom. The first-order chi connectivity index (χ1) is 10.4. The van der Waals surface area contributed by atoms with Crippen LogP contribution in [0.15, 0.2) is 53.1 Å². The highest BCUT2D eigenvalue weighted by Gasteiger charge is 2.16. The van der Waals surface area contributed by atoms with Gasteiger partial charge in [-0.3, -0.25) is 0 Å². The van der Waals surface area contributed by atoms with Gasteiger partial charge in [0.15, 0.2) is 0 Å². The number of halogens is 1. The maximum absolute atomic E-state index is 13.7. The van der Waals surface area contributed by atoms with Crippen molar-refractivity contribution in [2.24, 2.45) is 0 Å². The fourth-order valence-electron chi connectivity index (χ4n) is 2.20. The van der Waals surface area contributed by atoms with Crippen LogP contribution in [0, 0.1) is 5.82 Å². The maximum Gasteiger partial charge on any atom is 0.261 e. The van der Waals surface area contributed by atoms with E-state index in [1.807, 2.05) is 12.1 Å². The highest BCUT2D eigenvalue weighted by Crippen LogP contribution is 2.27. The molecule has 3 nitrogen and oxygen atoms in total. The normalized spacial score (nSPS) is 11.6. The highest BCUT2D eigenvalue weighted by molar-refractivity contribution is 5.60. The Balaban J connectivity index is 1.93. The van der Waals surface area contributed by atoms with Crippen LogP contribution < -0.4 is 0 Å². The van der Waals surface area contributed by atoms with Crippen molar-refractivity contribution in [3.05, 3.63) is 59.9 Å². The predicted molar refractivity (Wildman–Crippen MR) is 83.8 cm³/mol. The number of hydrogen-bond donors (Lipinski definition) is 0. The summed E-state index contributed by atoms with van der Waals surface area (Å²) in [5, 5.41) is 3.94. The van der Waals surface area contributed by atoms with Gasteiger partial charge in [-0.15, -0.1) is 0 Å². The van der Waals surface area contributed by atoms with E-state index in [9.17, 15) is 4.39 Å². The third-order valence-corrected chi connectivity index (χ3v) is 3.54. The second-order valence-corrected chi connectivity index (χ2v) is 6.23. The lowest BCUT2D eigenvalue weighted by Gasteiger charge is -2.18. The van der Waals surface area contributed by atoms with E-state index in [0.29, 0.717) is 11.4 Å². The Labute approximate surface area is 128 Å². The molecule has 0 N–H and O–H groups in total. The molecule has 0 saturated carbocycles. The van der Waals surface area contributed by atoms with Crippen LogP contribution in [0.1, 0.15) is 26.3 Å². The van der Waals surface area contributed by atoms with E-state index in [1.54, 1.807) is 18.2 Å². The Morgan fingerprint density at radius 1 is 0.955 bits per heavy atom. The summed E-state index contributed by atoms with van der Waals surface area (Å²) in [5.74, 6) is 0.271. The summed E-state index contributed by atoms with van der Waals surface area (Å²) in [4.78, 5) is 4.29. The molecule has 0 amide bonds. The molecule has 0 bridgehead atoms. The van der Waals surface area contributed by atoms with Gasteiger partial charge < -0.3 is 4.52 Å². The minimum Gasteiger partial charge on any atom is -0.334 e. The van der Waals surface area contributed by atoms with Gasteiger partial charge in [0, 0.05) is 5.56 Å². The Kier molecular flexibility index (Phi) is 3.53. The summed E-state index contributed by atoms with van der Waals surface area (Å²) < 4.78 is 18.9. The van der Waals surface area contributed by atoms with Crippen LogP contribution in [0.3, 0.4) is 0 Å². The van der Waals surface area contributed by atoms with Crippen molar-refractivity contribution in [1.82, 2.24) is 10.1 Å². The molecule has 1 aromatic heterocycles. The van der Waals surface area contributed by atoms with Gasteiger partial charge in [0.05, 0.1) is 5.56 Å². The first kappa shape index (κ1) is 14.4. The van der Waals surface area contributed by atoms with Gasteiger partial charge in [-0.05, 0) is 23.1 Å². The SMILES string of the molecule is CC(C)(C)c1ccc(-c2noc(-c3ccccc3F)n2)cc1. The van der Waals surface area contributed by atoms with Crippen LogP contribution in [-0.2, 0) is 5.41 Å². The van der Waals surface area contributed by atoms with Crippen molar-refractivity contribution in [2.45, 2.75) is 26.2 Å². The van der Waals surface area contributed by atoms with Crippen molar-refractivity contribution >= 4 is 0 Å². The highest BCUT2D eigenvalue weighted by atomic mass is 19.1. The van der Waals surface area contributed by atoms with E-state index in [1.165, 1.54) is 11.6 Å². The average Bonchev–Trinajstić information content (AvgIpc) is 2.96. The molecule has 0 saturated heterocycles. The Morgan fingerprint density at radius 2 is 1.64 bits per heavy atom. The van der Waals surface area contributed by atoms with Crippen molar-refractivity contribution < 1.29 is 8.91 Å². The number of benzene rings is 2. The first-order valence-electron chi connectivity index (χ1n) is 7.15. The molecule has 4 heteroatoms. The third-order valence-electron chi connectivity index (χ3n) is 3.54. The Bertz CT molecular complexity index is 785. The summed E-state index contributed by atoms with van der Waals surface area (Å²) >= 11 is 0. The van der Waals surface area contributed by atoms with Crippen LogP contribution in [0.4, 0.5) is 4.39 Å². The monoisotopic (exact) mass is 296 g/mol. The van der Waals surface area contributed by atoms with E-state index in [0.717, 1.165) is 5.56 Å². The van der Waals surface area contributed by atoms with Crippen molar-refractivity contribution in [3.63, 3.8) is 0 Å². The zero-order valence-electron chi connectivity index (χ0n) is 12.8. The van der Waals surface area contributed by atoms with E-state index in [-0.39, 0.29) is 17.1 Å². The zero-order chi connectivity index (χ0) is 15.7. The molecule has 22 heavy (non-hydrogen) atoms. The smallest absolute Gasteiger partial charge is 0.261 e. The molecule has 112 valence electrons. The predicted octanol–water partition coefficient (Wildman–Crippen LogP) is 4.84. The molecule has 3 rings (SSSR count). The fourth-order valence-corrected chi connectivity index (χ4v) is 2.20. The molecule has 0 atom stereocenters. The summed E-state index contributed by atoms with van der Waals surface area (Å²) in [6.45, 7) is 6.48. The van der Waals surface area contributed by atoms with Crippen LogP contribution in [-0.4, -0.2) is 10.1 Å². The molecule has 0 unspecified atom stereocenters. The van der Waals surface area contributed by atoms with Crippen molar-refractivity contribution in [2.75, 3.05) is 0 Å². The number of rotatable bonds is 2. The molecule has 0 aliphatic heterocycles. The lowest BCUT2D eigenvalue weighted by Crippen LogP contribution is -2.10. The van der Waals surface area contributed by atoms with Crippen LogP contribution in [0.5, 0.6) is 0 Å². The second-order valence-electron chi connectivity index (χ2n) is 6.23. The number of aromatic nitrogens is 2. The maximum atomic E-state index is 13.7. The zero-order valence-corrected chi connectivity index (χ0v) is 12.8. The molecule has 0 aliphatic carbocycles. The van der Waals surface area contributed by atoms with Crippen LogP contribution in [0.2, 0.25) is 0 Å². The van der Waals surface area contributed by atoms with E-state index >= 15 is 0 Å². The second kappa shape index (κ2) is 5.37. The van der Waals surface area contributed by atoms with Crippen molar-refractivity contribution in [1.29, 1.82) is 0 Å². The number of nitrogens with zero attached hydrogens (tertiary/aromatic N) is 2. The topological polar surface area (TPSA) is 38.9 Å². The van der Waals surface area contributed by atoms with Gasteiger partial charge in [-0.2, -0.15) is 4.98 Å². The van der Waals surface area contributed by atoms with Crippen LogP contribution in [0.25, 0.3) is 22.8 Å². The minimum atomic E-state index is -0.374. The molecule has 0 fully saturated rings. The molecule has 2 aromatic carbocycles. The van der Waals surface area contributed by atoms with Gasteiger partial charge >= 0.3 is 0 Å². The summed E-state index contributed by atoms with van der Waals surface area (Å²) in [6, 6.07) is 14.4. The standard InChI is InChI=1S/C18H17FN2O/c1-18(2,3)13-10-8-12(9-11-13)16-20-17(22-21-16)14-6-4-5-7-15(14)19/h4-11H,1-3H3. The van der Waals surface area contributed by atoms with Gasteiger partial charge in [0.25, 0.3) is 5.89 Å². The molecule has 0 spiro atoms. The quantitative estimate of drug-likeness (QED) is 0.679. The molecule has 3 aromatic rings. The Hall–Kier alpha value is -2.49. The van der Waals surface area contributed by atoms with Gasteiger partial charge in [-0.1, -0.05) is 62.3 Å².